The third-order valence-electron chi connectivity index (χ3n) is 3.60. The molecule has 0 spiro atoms. The molecule has 0 fully saturated rings. The summed E-state index contributed by atoms with van der Waals surface area (Å²) in [6, 6.07) is 3.89. The SMILES string of the molecule is CCCCCOC(=O)Nc1ccc(OC(=O)OCCCCC)c(C(=O)O)c1. The topological polar surface area (TPSA) is 111 Å². The lowest BCUT2D eigenvalue weighted by Crippen LogP contribution is -2.16. The molecule has 1 rings (SSSR count). The molecule has 8 nitrogen and oxygen atoms in total. The minimum Gasteiger partial charge on any atom is -0.478 e. The van der Waals surface area contributed by atoms with E-state index in [0.29, 0.717) is 6.42 Å². The fourth-order valence-corrected chi connectivity index (χ4v) is 2.16. The minimum absolute atomic E-state index is 0.162. The number of carboxylic acid groups (broad SMARTS) is 1. The van der Waals surface area contributed by atoms with Crippen LogP contribution in [0.5, 0.6) is 5.75 Å². The van der Waals surface area contributed by atoms with Gasteiger partial charge in [-0.3, -0.25) is 5.32 Å². The van der Waals surface area contributed by atoms with Crippen LogP contribution in [-0.4, -0.2) is 36.5 Å². The highest BCUT2D eigenvalue weighted by Crippen LogP contribution is 2.24. The highest BCUT2D eigenvalue weighted by atomic mass is 16.7. The highest BCUT2D eigenvalue weighted by molar-refractivity contribution is 5.94. The zero-order valence-corrected chi connectivity index (χ0v) is 15.8. The fraction of sp³-hybridized carbons (Fsp3) is 0.526. The van der Waals surface area contributed by atoms with Gasteiger partial charge in [0.15, 0.2) is 0 Å². The Morgan fingerprint density at radius 2 is 1.59 bits per heavy atom. The Hall–Kier alpha value is -2.77. The Morgan fingerprint density at radius 3 is 2.19 bits per heavy atom. The number of nitrogens with one attached hydrogen (secondary N) is 1. The number of amides is 1. The van der Waals surface area contributed by atoms with E-state index in [9.17, 15) is 19.5 Å². The van der Waals surface area contributed by atoms with Crippen molar-refractivity contribution in [2.75, 3.05) is 18.5 Å². The van der Waals surface area contributed by atoms with Crippen LogP contribution in [0.15, 0.2) is 18.2 Å². The Labute approximate surface area is 158 Å². The Balaban J connectivity index is 2.64. The van der Waals surface area contributed by atoms with Gasteiger partial charge in [-0.25, -0.2) is 14.4 Å². The van der Waals surface area contributed by atoms with Crippen LogP contribution in [0, 0.1) is 0 Å². The van der Waals surface area contributed by atoms with E-state index in [1.54, 1.807) is 0 Å². The van der Waals surface area contributed by atoms with E-state index in [2.05, 4.69) is 5.32 Å². The predicted molar refractivity (Wildman–Crippen MR) is 99.4 cm³/mol. The van der Waals surface area contributed by atoms with Gasteiger partial charge in [-0.2, -0.15) is 0 Å². The second-order valence-electron chi connectivity index (χ2n) is 5.89. The molecule has 1 aromatic rings. The third-order valence-corrected chi connectivity index (χ3v) is 3.60. The van der Waals surface area contributed by atoms with Crippen LogP contribution in [0.1, 0.15) is 62.7 Å². The summed E-state index contributed by atoms with van der Waals surface area (Å²) in [5.41, 5.74) is -0.0548. The highest BCUT2D eigenvalue weighted by Gasteiger charge is 2.17. The largest absolute Gasteiger partial charge is 0.513 e. The number of aromatic carboxylic acids is 1. The Kier molecular flexibility index (Phi) is 10.4. The second-order valence-corrected chi connectivity index (χ2v) is 5.89. The van der Waals surface area contributed by atoms with E-state index in [1.807, 2.05) is 13.8 Å². The lowest BCUT2D eigenvalue weighted by Gasteiger charge is -2.11. The maximum Gasteiger partial charge on any atom is 0.513 e. The van der Waals surface area contributed by atoms with E-state index in [1.165, 1.54) is 18.2 Å². The first-order valence-corrected chi connectivity index (χ1v) is 9.13. The molecule has 0 aliphatic rings. The van der Waals surface area contributed by atoms with Gasteiger partial charge in [-0.15, -0.1) is 0 Å². The first kappa shape index (κ1) is 22.3. The van der Waals surface area contributed by atoms with E-state index in [4.69, 9.17) is 14.2 Å². The second kappa shape index (κ2) is 12.6. The van der Waals surface area contributed by atoms with Gasteiger partial charge in [0.05, 0.1) is 13.2 Å². The van der Waals surface area contributed by atoms with E-state index >= 15 is 0 Å². The molecule has 0 atom stereocenters. The summed E-state index contributed by atoms with van der Waals surface area (Å²) in [4.78, 5) is 34.8. The predicted octanol–water partition coefficient (Wildman–Crippen LogP) is 4.83. The van der Waals surface area contributed by atoms with Crippen LogP contribution in [0.2, 0.25) is 0 Å². The van der Waals surface area contributed by atoms with Gasteiger partial charge in [0.25, 0.3) is 0 Å². The van der Waals surface area contributed by atoms with Crippen LogP contribution < -0.4 is 10.1 Å². The van der Waals surface area contributed by atoms with Gasteiger partial charge in [-0.05, 0) is 31.0 Å². The van der Waals surface area contributed by atoms with Crippen molar-refractivity contribution in [1.29, 1.82) is 0 Å². The molecule has 1 amide bonds. The zero-order chi connectivity index (χ0) is 20.1. The van der Waals surface area contributed by atoms with Gasteiger partial charge in [0.2, 0.25) is 0 Å². The Morgan fingerprint density at radius 1 is 0.963 bits per heavy atom. The van der Waals surface area contributed by atoms with Crippen LogP contribution in [0.25, 0.3) is 0 Å². The monoisotopic (exact) mass is 381 g/mol. The number of carbonyl (C=O) groups excluding carboxylic acids is 2. The molecule has 0 unspecified atom stereocenters. The standard InChI is InChI=1S/C19H27NO7/c1-3-5-7-11-25-18(23)20-14-9-10-16(15(13-14)17(21)22)27-19(24)26-12-8-6-4-2/h9-10,13H,3-8,11-12H2,1-2H3,(H,20,23)(H,21,22). The van der Waals surface area contributed by atoms with Crippen molar-refractivity contribution in [2.24, 2.45) is 0 Å². The number of hydrogen-bond acceptors (Lipinski definition) is 6. The fourth-order valence-electron chi connectivity index (χ4n) is 2.16. The summed E-state index contributed by atoms with van der Waals surface area (Å²) in [5, 5.41) is 11.8. The number of benzene rings is 1. The van der Waals surface area contributed by atoms with Crippen LogP contribution in [0.4, 0.5) is 15.3 Å². The molecule has 2 N–H and O–H groups in total. The third kappa shape index (κ3) is 8.94. The van der Waals surface area contributed by atoms with E-state index in [0.717, 1.165) is 32.1 Å². The lowest BCUT2D eigenvalue weighted by molar-refractivity contribution is 0.0689. The van der Waals surface area contributed by atoms with Crippen molar-refractivity contribution in [3.8, 4) is 5.75 Å². The van der Waals surface area contributed by atoms with Gasteiger partial charge >= 0.3 is 18.2 Å². The number of anilines is 1. The molecule has 1 aromatic carbocycles. The molecular weight excluding hydrogens is 354 g/mol. The molecule has 8 heteroatoms. The molecule has 0 heterocycles. The smallest absolute Gasteiger partial charge is 0.478 e. The van der Waals surface area contributed by atoms with Gasteiger partial charge in [0.1, 0.15) is 11.3 Å². The zero-order valence-electron chi connectivity index (χ0n) is 15.8. The number of unbranched alkanes of at least 4 members (excludes halogenated alkanes) is 4. The summed E-state index contributed by atoms with van der Waals surface area (Å²) in [6.45, 7) is 4.56. The number of carbonyl (C=O) groups is 3. The minimum atomic E-state index is -1.30. The number of carboxylic acids is 1. The summed E-state index contributed by atoms with van der Waals surface area (Å²) < 4.78 is 14.9. The normalized spacial score (nSPS) is 10.1. The lowest BCUT2D eigenvalue weighted by atomic mass is 10.2. The maximum atomic E-state index is 11.7. The molecule has 150 valence electrons. The van der Waals surface area contributed by atoms with Crippen molar-refractivity contribution < 1.29 is 33.7 Å². The quantitative estimate of drug-likeness (QED) is 0.321. The summed E-state index contributed by atoms with van der Waals surface area (Å²) in [5.74, 6) is -1.46. The van der Waals surface area contributed by atoms with Crippen molar-refractivity contribution >= 4 is 23.9 Å². The van der Waals surface area contributed by atoms with Crippen molar-refractivity contribution in [3.63, 3.8) is 0 Å². The molecule has 0 aliphatic carbocycles. The van der Waals surface area contributed by atoms with Crippen LogP contribution >= 0.6 is 0 Å². The average Bonchev–Trinajstić information content (AvgIpc) is 2.63. The van der Waals surface area contributed by atoms with Crippen molar-refractivity contribution in [3.05, 3.63) is 23.8 Å². The molecule has 0 saturated carbocycles. The molecule has 0 aromatic heterocycles. The van der Waals surface area contributed by atoms with Crippen LogP contribution in [-0.2, 0) is 9.47 Å². The molecule has 27 heavy (non-hydrogen) atoms. The molecule has 0 aliphatic heterocycles. The maximum absolute atomic E-state index is 11.7. The molecule has 0 bridgehead atoms. The number of hydrogen-bond donors (Lipinski definition) is 2. The molecule has 0 saturated heterocycles. The van der Waals surface area contributed by atoms with Crippen molar-refractivity contribution in [1.82, 2.24) is 0 Å². The Bertz CT molecular complexity index is 630. The first-order chi connectivity index (χ1) is 13.0. The van der Waals surface area contributed by atoms with E-state index < -0.39 is 18.2 Å². The van der Waals surface area contributed by atoms with Gasteiger partial charge in [0, 0.05) is 5.69 Å². The van der Waals surface area contributed by atoms with Gasteiger partial charge < -0.3 is 19.3 Å². The summed E-state index contributed by atoms with van der Waals surface area (Å²) >= 11 is 0. The number of rotatable bonds is 11. The van der Waals surface area contributed by atoms with E-state index in [-0.39, 0.29) is 30.2 Å². The molecule has 0 radical (unpaired) electrons. The van der Waals surface area contributed by atoms with Crippen molar-refractivity contribution in [2.45, 2.75) is 52.4 Å². The first-order valence-electron chi connectivity index (χ1n) is 9.13. The van der Waals surface area contributed by atoms with Gasteiger partial charge in [-0.1, -0.05) is 39.5 Å². The summed E-state index contributed by atoms with van der Waals surface area (Å²) in [7, 11) is 0. The molecular formula is C19H27NO7. The van der Waals surface area contributed by atoms with Crippen LogP contribution in [0.3, 0.4) is 0 Å². The number of ether oxygens (including phenoxy) is 3. The summed E-state index contributed by atoms with van der Waals surface area (Å²) in [6.07, 6.45) is 3.69. The average molecular weight is 381 g/mol.